The average Bonchev–Trinajstić information content (AvgIpc) is 2.58. The molecule has 0 aromatic heterocycles. The standard InChI is InChI=1S/C19H29N3O3/c1-4-25-16-7-5-15(6-8-16)13-22-10-9-20-19(24)17(22)11-18(23)21-12-14(2)3/h5-8,14,17H,4,9-13H2,1-3H3,(H,20,24)(H,21,23)/t17-/m1/s1. The number of ether oxygens (including phenoxy) is 1. The molecule has 0 saturated carbocycles. The Kier molecular flexibility index (Phi) is 7.25. The van der Waals surface area contributed by atoms with E-state index in [9.17, 15) is 9.59 Å². The van der Waals surface area contributed by atoms with Crippen molar-refractivity contribution in [1.82, 2.24) is 15.5 Å². The maximum absolute atomic E-state index is 12.3. The fourth-order valence-electron chi connectivity index (χ4n) is 2.83. The molecule has 0 spiro atoms. The van der Waals surface area contributed by atoms with Crippen LogP contribution in [0.3, 0.4) is 0 Å². The summed E-state index contributed by atoms with van der Waals surface area (Å²) < 4.78 is 5.46. The lowest BCUT2D eigenvalue weighted by molar-refractivity contribution is -0.134. The summed E-state index contributed by atoms with van der Waals surface area (Å²) in [5, 5.41) is 5.76. The van der Waals surface area contributed by atoms with Crippen molar-refractivity contribution in [2.24, 2.45) is 5.92 Å². The van der Waals surface area contributed by atoms with Crippen molar-refractivity contribution in [1.29, 1.82) is 0 Å². The van der Waals surface area contributed by atoms with Crippen LogP contribution >= 0.6 is 0 Å². The molecule has 138 valence electrons. The fraction of sp³-hybridized carbons (Fsp3) is 0.579. The highest BCUT2D eigenvalue weighted by molar-refractivity contribution is 5.88. The predicted molar refractivity (Wildman–Crippen MR) is 97.3 cm³/mol. The number of benzene rings is 1. The number of amides is 2. The Morgan fingerprint density at radius 2 is 2.08 bits per heavy atom. The van der Waals surface area contributed by atoms with Crippen LogP contribution in [-0.2, 0) is 16.1 Å². The van der Waals surface area contributed by atoms with Gasteiger partial charge in [-0.1, -0.05) is 26.0 Å². The van der Waals surface area contributed by atoms with Gasteiger partial charge in [-0.2, -0.15) is 0 Å². The maximum atomic E-state index is 12.3. The molecule has 1 aromatic carbocycles. The third kappa shape index (κ3) is 6.05. The van der Waals surface area contributed by atoms with Gasteiger partial charge in [0.2, 0.25) is 11.8 Å². The van der Waals surface area contributed by atoms with Crippen LogP contribution in [0, 0.1) is 5.92 Å². The van der Waals surface area contributed by atoms with Crippen molar-refractivity contribution in [3.05, 3.63) is 29.8 Å². The lowest BCUT2D eigenvalue weighted by Gasteiger charge is -2.34. The van der Waals surface area contributed by atoms with Gasteiger partial charge in [-0.05, 0) is 30.5 Å². The van der Waals surface area contributed by atoms with Crippen molar-refractivity contribution in [2.75, 3.05) is 26.2 Å². The van der Waals surface area contributed by atoms with Crippen LogP contribution in [0.15, 0.2) is 24.3 Å². The van der Waals surface area contributed by atoms with Crippen molar-refractivity contribution in [3.63, 3.8) is 0 Å². The zero-order valence-electron chi connectivity index (χ0n) is 15.4. The Bertz CT molecular complexity index is 572. The molecule has 1 atom stereocenters. The third-order valence-electron chi connectivity index (χ3n) is 4.15. The highest BCUT2D eigenvalue weighted by Crippen LogP contribution is 2.17. The first-order valence-electron chi connectivity index (χ1n) is 8.99. The van der Waals surface area contributed by atoms with E-state index in [4.69, 9.17) is 4.74 Å². The van der Waals surface area contributed by atoms with E-state index in [-0.39, 0.29) is 18.2 Å². The van der Waals surface area contributed by atoms with Crippen LogP contribution in [0.1, 0.15) is 32.8 Å². The molecule has 2 rings (SSSR count). The zero-order valence-corrected chi connectivity index (χ0v) is 15.4. The van der Waals surface area contributed by atoms with Crippen LogP contribution in [-0.4, -0.2) is 49.0 Å². The first kappa shape index (κ1) is 19.2. The second kappa shape index (κ2) is 9.42. The van der Waals surface area contributed by atoms with E-state index in [1.165, 1.54) is 0 Å². The van der Waals surface area contributed by atoms with Gasteiger partial charge in [-0.3, -0.25) is 14.5 Å². The smallest absolute Gasteiger partial charge is 0.237 e. The van der Waals surface area contributed by atoms with Gasteiger partial charge in [-0.25, -0.2) is 0 Å². The lowest BCUT2D eigenvalue weighted by atomic mass is 10.1. The maximum Gasteiger partial charge on any atom is 0.237 e. The Hall–Kier alpha value is -2.08. The number of piperazine rings is 1. The summed E-state index contributed by atoms with van der Waals surface area (Å²) in [5.41, 5.74) is 1.10. The number of hydrogen-bond acceptors (Lipinski definition) is 4. The highest BCUT2D eigenvalue weighted by atomic mass is 16.5. The van der Waals surface area contributed by atoms with Gasteiger partial charge in [0, 0.05) is 26.2 Å². The molecule has 1 aromatic rings. The Morgan fingerprint density at radius 1 is 1.36 bits per heavy atom. The number of carbonyl (C=O) groups excluding carboxylic acids is 2. The van der Waals surface area contributed by atoms with Gasteiger partial charge in [0.05, 0.1) is 19.1 Å². The van der Waals surface area contributed by atoms with Crippen molar-refractivity contribution < 1.29 is 14.3 Å². The van der Waals surface area contributed by atoms with Crippen molar-refractivity contribution >= 4 is 11.8 Å². The minimum atomic E-state index is -0.424. The van der Waals surface area contributed by atoms with E-state index >= 15 is 0 Å². The largest absolute Gasteiger partial charge is 0.494 e. The predicted octanol–water partition coefficient (Wildman–Crippen LogP) is 1.55. The van der Waals surface area contributed by atoms with E-state index in [2.05, 4.69) is 15.5 Å². The van der Waals surface area contributed by atoms with Crippen LogP contribution in [0.4, 0.5) is 0 Å². The normalized spacial score (nSPS) is 18.1. The summed E-state index contributed by atoms with van der Waals surface area (Å²) in [5.74, 6) is 1.08. The van der Waals surface area contributed by atoms with Crippen LogP contribution in [0.5, 0.6) is 5.75 Å². The molecular weight excluding hydrogens is 318 g/mol. The van der Waals surface area contributed by atoms with E-state index in [0.717, 1.165) is 17.9 Å². The Labute approximate surface area is 149 Å². The summed E-state index contributed by atoms with van der Waals surface area (Å²) in [6.07, 6.45) is 0.190. The molecule has 25 heavy (non-hydrogen) atoms. The summed E-state index contributed by atoms with van der Waals surface area (Å²) in [7, 11) is 0. The van der Waals surface area contributed by atoms with E-state index in [1.807, 2.05) is 45.0 Å². The third-order valence-corrected chi connectivity index (χ3v) is 4.15. The van der Waals surface area contributed by atoms with Crippen molar-refractivity contribution in [3.8, 4) is 5.75 Å². The molecule has 1 aliphatic heterocycles. The summed E-state index contributed by atoms with van der Waals surface area (Å²) in [4.78, 5) is 26.5. The van der Waals surface area contributed by atoms with Gasteiger partial charge < -0.3 is 15.4 Å². The number of nitrogens with zero attached hydrogens (tertiary/aromatic N) is 1. The summed E-state index contributed by atoms with van der Waals surface area (Å²) >= 11 is 0. The molecule has 6 nitrogen and oxygen atoms in total. The Morgan fingerprint density at radius 3 is 2.72 bits per heavy atom. The molecule has 6 heteroatoms. The van der Waals surface area contributed by atoms with E-state index < -0.39 is 6.04 Å². The SMILES string of the molecule is CCOc1ccc(CN2CCNC(=O)[C@H]2CC(=O)NCC(C)C)cc1. The highest BCUT2D eigenvalue weighted by Gasteiger charge is 2.31. The average molecular weight is 347 g/mol. The number of rotatable bonds is 8. The molecule has 0 radical (unpaired) electrons. The van der Waals surface area contributed by atoms with Gasteiger partial charge in [0.25, 0.3) is 0 Å². The number of nitrogens with one attached hydrogen (secondary N) is 2. The minimum absolute atomic E-state index is 0.0723. The molecule has 0 unspecified atom stereocenters. The second-order valence-electron chi connectivity index (χ2n) is 6.76. The summed E-state index contributed by atoms with van der Waals surface area (Å²) in [6, 6.07) is 7.47. The van der Waals surface area contributed by atoms with Crippen LogP contribution in [0.25, 0.3) is 0 Å². The summed E-state index contributed by atoms with van der Waals surface area (Å²) in [6.45, 7) is 9.31. The molecule has 2 N–H and O–H groups in total. The molecule has 1 fully saturated rings. The van der Waals surface area contributed by atoms with Gasteiger partial charge in [0.1, 0.15) is 5.75 Å². The van der Waals surface area contributed by atoms with Crippen LogP contribution < -0.4 is 15.4 Å². The van der Waals surface area contributed by atoms with Gasteiger partial charge in [0.15, 0.2) is 0 Å². The van der Waals surface area contributed by atoms with Crippen molar-refractivity contribution in [2.45, 2.75) is 39.8 Å². The fourth-order valence-corrected chi connectivity index (χ4v) is 2.83. The minimum Gasteiger partial charge on any atom is -0.494 e. The molecule has 2 amide bonds. The monoisotopic (exact) mass is 347 g/mol. The molecular formula is C19H29N3O3. The molecule has 0 aliphatic carbocycles. The second-order valence-corrected chi connectivity index (χ2v) is 6.76. The van der Waals surface area contributed by atoms with E-state index in [1.54, 1.807) is 0 Å². The van der Waals surface area contributed by atoms with Gasteiger partial charge >= 0.3 is 0 Å². The quantitative estimate of drug-likeness (QED) is 0.748. The Balaban J connectivity index is 1.98. The van der Waals surface area contributed by atoms with Crippen LogP contribution in [0.2, 0.25) is 0 Å². The molecule has 1 saturated heterocycles. The molecule has 1 aliphatic rings. The number of carbonyl (C=O) groups is 2. The number of hydrogen-bond donors (Lipinski definition) is 2. The zero-order chi connectivity index (χ0) is 18.2. The van der Waals surface area contributed by atoms with E-state index in [0.29, 0.717) is 32.2 Å². The molecule has 1 heterocycles. The topological polar surface area (TPSA) is 70.7 Å². The first-order valence-corrected chi connectivity index (χ1v) is 8.99. The first-order chi connectivity index (χ1) is 12.0. The van der Waals surface area contributed by atoms with Gasteiger partial charge in [-0.15, -0.1) is 0 Å². The molecule has 0 bridgehead atoms. The lowest BCUT2D eigenvalue weighted by Crippen LogP contribution is -2.56.